The lowest BCUT2D eigenvalue weighted by atomic mass is 10.1. The van der Waals surface area contributed by atoms with Crippen LogP contribution in [0.25, 0.3) is 0 Å². The average Bonchev–Trinajstić information content (AvgIpc) is 2.42. The van der Waals surface area contributed by atoms with E-state index in [1.807, 2.05) is 42.5 Å². The van der Waals surface area contributed by atoms with Gasteiger partial charge in [-0.25, -0.2) is 0 Å². The molecule has 0 aromatic heterocycles. The Bertz CT molecular complexity index is 611. The van der Waals surface area contributed by atoms with E-state index in [0.717, 1.165) is 19.0 Å². The largest absolute Gasteiger partial charge is 0.323 e. The minimum atomic E-state index is -0.737. The average molecular weight is 482 g/mol. The minimum Gasteiger partial charge on any atom is -0.323 e. The third-order valence-electron chi connectivity index (χ3n) is 2.58. The molecule has 6 heteroatoms. The first kappa shape index (κ1) is 16.0. The summed E-state index contributed by atoms with van der Waals surface area (Å²) in [6, 6.07) is 12.9. The first-order valence-electron chi connectivity index (χ1n) is 5.63. The van der Waals surface area contributed by atoms with Gasteiger partial charge in [-0.3, -0.25) is 4.79 Å². The van der Waals surface area contributed by atoms with Crippen molar-refractivity contribution in [1.29, 1.82) is 0 Å². The van der Waals surface area contributed by atoms with E-state index < -0.39 is 5.38 Å². The van der Waals surface area contributed by atoms with E-state index in [2.05, 4.69) is 53.1 Å². The lowest BCUT2D eigenvalue weighted by Gasteiger charge is -2.13. The van der Waals surface area contributed by atoms with E-state index >= 15 is 0 Å². The van der Waals surface area contributed by atoms with Crippen LogP contribution in [0.1, 0.15) is 10.9 Å². The van der Waals surface area contributed by atoms with Crippen molar-refractivity contribution in [1.82, 2.24) is 0 Å². The SMILES string of the molecule is O=C(Nc1c(Br)cc(Br)cc1Br)C(Cl)c1ccccc1. The standard InChI is InChI=1S/C14H9Br3ClNO/c15-9-6-10(16)13(11(17)7-9)19-14(20)12(18)8-4-2-1-3-5-8/h1-7,12H,(H,19,20). The molecule has 0 bridgehead atoms. The Hall–Kier alpha value is -0.360. The topological polar surface area (TPSA) is 29.1 Å². The molecule has 20 heavy (non-hydrogen) atoms. The van der Waals surface area contributed by atoms with E-state index in [1.54, 1.807) is 0 Å². The zero-order valence-corrected chi connectivity index (χ0v) is 15.6. The molecule has 2 nitrogen and oxygen atoms in total. The molecule has 0 spiro atoms. The van der Waals surface area contributed by atoms with Crippen LogP contribution in [0.3, 0.4) is 0 Å². The summed E-state index contributed by atoms with van der Waals surface area (Å²) in [5.74, 6) is -0.276. The summed E-state index contributed by atoms with van der Waals surface area (Å²) >= 11 is 16.4. The number of amides is 1. The van der Waals surface area contributed by atoms with Gasteiger partial charge in [-0.15, -0.1) is 11.6 Å². The lowest BCUT2D eigenvalue weighted by Crippen LogP contribution is -2.17. The van der Waals surface area contributed by atoms with E-state index in [1.165, 1.54) is 0 Å². The summed E-state index contributed by atoms with van der Waals surface area (Å²) in [5, 5.41) is 2.08. The fraction of sp³-hybridized carbons (Fsp3) is 0.0714. The quantitative estimate of drug-likeness (QED) is 0.543. The van der Waals surface area contributed by atoms with Gasteiger partial charge in [0.05, 0.1) is 5.69 Å². The third-order valence-corrected chi connectivity index (χ3v) is 4.74. The van der Waals surface area contributed by atoms with Gasteiger partial charge in [0.15, 0.2) is 0 Å². The molecular formula is C14H9Br3ClNO. The van der Waals surface area contributed by atoms with E-state index in [-0.39, 0.29) is 5.91 Å². The molecule has 1 atom stereocenters. The van der Waals surface area contributed by atoms with Crippen LogP contribution in [-0.2, 0) is 4.79 Å². The maximum absolute atomic E-state index is 12.2. The van der Waals surface area contributed by atoms with Crippen LogP contribution < -0.4 is 5.32 Å². The Kier molecular flexibility index (Phi) is 5.66. The van der Waals surface area contributed by atoms with Crippen molar-refractivity contribution < 1.29 is 4.79 Å². The maximum atomic E-state index is 12.2. The van der Waals surface area contributed by atoms with Crippen molar-refractivity contribution in [3.63, 3.8) is 0 Å². The van der Waals surface area contributed by atoms with Gasteiger partial charge in [-0.2, -0.15) is 0 Å². The van der Waals surface area contributed by atoms with Gasteiger partial charge in [-0.05, 0) is 49.6 Å². The summed E-state index contributed by atoms with van der Waals surface area (Å²) < 4.78 is 2.44. The molecule has 0 saturated heterocycles. The van der Waals surface area contributed by atoms with Gasteiger partial charge < -0.3 is 5.32 Å². The number of alkyl halides is 1. The number of nitrogens with one attached hydrogen (secondary N) is 1. The van der Waals surface area contributed by atoms with E-state index in [9.17, 15) is 4.79 Å². The molecule has 0 saturated carbocycles. The van der Waals surface area contributed by atoms with Crippen LogP contribution in [0, 0.1) is 0 Å². The highest BCUT2D eigenvalue weighted by atomic mass is 79.9. The van der Waals surface area contributed by atoms with Crippen LogP contribution in [0.2, 0.25) is 0 Å². The fourth-order valence-corrected chi connectivity index (χ4v) is 4.28. The van der Waals surface area contributed by atoms with Gasteiger partial charge >= 0.3 is 0 Å². The van der Waals surface area contributed by atoms with Crippen molar-refractivity contribution in [2.24, 2.45) is 0 Å². The molecule has 0 heterocycles. The second-order valence-electron chi connectivity index (χ2n) is 4.01. The second kappa shape index (κ2) is 7.07. The van der Waals surface area contributed by atoms with E-state index in [4.69, 9.17) is 11.6 Å². The predicted molar refractivity (Wildman–Crippen MR) is 93.2 cm³/mol. The van der Waals surface area contributed by atoms with Gasteiger partial charge in [0.1, 0.15) is 5.38 Å². The van der Waals surface area contributed by atoms with Crippen LogP contribution in [0.4, 0.5) is 5.69 Å². The zero-order valence-electron chi connectivity index (χ0n) is 10.0. The number of hydrogen-bond donors (Lipinski definition) is 1. The summed E-state index contributed by atoms with van der Waals surface area (Å²) in [6.45, 7) is 0. The first-order valence-corrected chi connectivity index (χ1v) is 8.45. The molecule has 0 aliphatic heterocycles. The van der Waals surface area contributed by atoms with Crippen LogP contribution in [-0.4, -0.2) is 5.91 Å². The number of rotatable bonds is 3. The van der Waals surface area contributed by atoms with E-state index in [0.29, 0.717) is 5.69 Å². The predicted octanol–water partition coefficient (Wildman–Crippen LogP) is 5.89. The van der Waals surface area contributed by atoms with Crippen LogP contribution in [0.15, 0.2) is 55.9 Å². The highest BCUT2D eigenvalue weighted by molar-refractivity contribution is 9.11. The normalized spacial score (nSPS) is 12.0. The summed E-state index contributed by atoms with van der Waals surface area (Å²) in [6.07, 6.45) is 0. The van der Waals surface area contributed by atoms with Crippen molar-refractivity contribution in [3.8, 4) is 0 Å². The minimum absolute atomic E-state index is 0.276. The van der Waals surface area contributed by atoms with Crippen molar-refractivity contribution in [3.05, 3.63) is 61.4 Å². The van der Waals surface area contributed by atoms with Gasteiger partial charge in [0.2, 0.25) is 5.91 Å². The molecule has 2 rings (SSSR count). The van der Waals surface area contributed by atoms with Crippen molar-refractivity contribution in [2.45, 2.75) is 5.38 Å². The third kappa shape index (κ3) is 3.85. The number of anilines is 1. The van der Waals surface area contributed by atoms with Crippen molar-refractivity contribution >= 4 is 71.0 Å². The second-order valence-corrected chi connectivity index (χ2v) is 7.07. The summed E-state index contributed by atoms with van der Waals surface area (Å²) in [7, 11) is 0. The molecule has 1 N–H and O–H groups in total. The van der Waals surface area contributed by atoms with Gasteiger partial charge in [-0.1, -0.05) is 46.3 Å². The number of benzene rings is 2. The molecular weight excluding hydrogens is 473 g/mol. The zero-order chi connectivity index (χ0) is 14.7. The Morgan fingerprint density at radius 1 is 1.05 bits per heavy atom. The molecule has 0 fully saturated rings. The number of carbonyl (C=O) groups is 1. The molecule has 1 amide bonds. The van der Waals surface area contributed by atoms with Crippen LogP contribution in [0.5, 0.6) is 0 Å². The first-order chi connectivity index (χ1) is 9.49. The fourth-order valence-electron chi connectivity index (χ4n) is 1.62. The highest BCUT2D eigenvalue weighted by Gasteiger charge is 2.19. The molecule has 0 aliphatic rings. The summed E-state index contributed by atoms with van der Waals surface area (Å²) in [5.41, 5.74) is 1.41. The molecule has 2 aromatic rings. The Morgan fingerprint density at radius 2 is 1.60 bits per heavy atom. The maximum Gasteiger partial charge on any atom is 0.247 e. The van der Waals surface area contributed by atoms with Gasteiger partial charge in [0.25, 0.3) is 0 Å². The monoisotopic (exact) mass is 479 g/mol. The summed E-state index contributed by atoms with van der Waals surface area (Å²) in [4.78, 5) is 12.2. The van der Waals surface area contributed by atoms with Crippen LogP contribution >= 0.6 is 59.4 Å². The Morgan fingerprint density at radius 3 is 2.15 bits per heavy atom. The smallest absolute Gasteiger partial charge is 0.247 e. The Balaban J connectivity index is 2.20. The Labute approximate surface area is 147 Å². The lowest BCUT2D eigenvalue weighted by molar-refractivity contribution is -0.116. The van der Waals surface area contributed by atoms with Crippen molar-refractivity contribution in [2.75, 3.05) is 5.32 Å². The molecule has 2 aromatic carbocycles. The highest BCUT2D eigenvalue weighted by Crippen LogP contribution is 2.35. The molecule has 0 radical (unpaired) electrons. The number of halogens is 4. The molecule has 104 valence electrons. The number of hydrogen-bond acceptors (Lipinski definition) is 1. The molecule has 1 unspecified atom stereocenters. The molecule has 0 aliphatic carbocycles. The van der Waals surface area contributed by atoms with Gasteiger partial charge in [0, 0.05) is 13.4 Å². The number of carbonyl (C=O) groups excluding carboxylic acids is 1.